The van der Waals surface area contributed by atoms with Crippen LogP contribution in [0.4, 0.5) is 0 Å². The maximum absolute atomic E-state index is 15.4. The zero-order chi connectivity index (χ0) is 36.6. The number of methoxy groups -OCH3 is 1. The van der Waals surface area contributed by atoms with Crippen molar-refractivity contribution in [3.8, 4) is 0 Å². The third-order valence-corrected chi connectivity index (χ3v) is 16.9. The van der Waals surface area contributed by atoms with Crippen molar-refractivity contribution in [2.24, 2.45) is 17.3 Å². The lowest BCUT2D eigenvalue weighted by Gasteiger charge is -2.53. The van der Waals surface area contributed by atoms with Crippen LogP contribution in [0.2, 0.25) is 15.1 Å². The molecule has 1 saturated carbocycles. The minimum Gasteiger partial charge on any atom is -0.469 e. The highest BCUT2D eigenvalue weighted by Gasteiger charge is 2.63. The molecule has 268 valence electrons. The van der Waals surface area contributed by atoms with Gasteiger partial charge in [-0.15, -0.1) is 0 Å². The number of rotatable bonds is 11. The highest BCUT2D eigenvalue weighted by atomic mass is 35.5. The van der Waals surface area contributed by atoms with Gasteiger partial charge in [0.05, 0.1) is 37.1 Å². The van der Waals surface area contributed by atoms with Gasteiger partial charge >= 0.3 is 5.97 Å². The predicted molar refractivity (Wildman–Crippen MR) is 209 cm³/mol. The number of halogens is 2. The summed E-state index contributed by atoms with van der Waals surface area (Å²) >= 11 is 13.1. The molecule has 8 heteroatoms. The molecule has 5 nitrogen and oxygen atoms in total. The molecular weight excluding hydrogens is 693 g/mol. The van der Waals surface area contributed by atoms with Crippen molar-refractivity contribution < 1.29 is 18.8 Å². The van der Waals surface area contributed by atoms with Gasteiger partial charge in [-0.25, -0.2) is 0 Å². The van der Waals surface area contributed by atoms with Crippen molar-refractivity contribution >= 4 is 53.8 Å². The Labute approximate surface area is 314 Å². The minimum absolute atomic E-state index is 0.0510. The van der Waals surface area contributed by atoms with Crippen molar-refractivity contribution in [1.29, 1.82) is 0 Å². The molecule has 1 aliphatic heterocycles. The average Bonchev–Trinajstić information content (AvgIpc) is 3.94. The summed E-state index contributed by atoms with van der Waals surface area (Å²) in [7, 11) is -1.49. The van der Waals surface area contributed by atoms with E-state index in [0.717, 1.165) is 11.1 Å². The lowest BCUT2D eigenvalue weighted by atomic mass is 9.65. The first kappa shape index (κ1) is 37.3. The van der Waals surface area contributed by atoms with E-state index in [1.54, 1.807) is 0 Å². The molecule has 2 fully saturated rings. The smallest absolute Gasteiger partial charge is 0.308 e. The molecule has 0 bridgehead atoms. The average molecular weight is 743 g/mol. The predicted octanol–water partition coefficient (Wildman–Crippen LogP) is 9.22. The number of ether oxygens (including phenoxy) is 1. The molecule has 51 heavy (non-hydrogen) atoms. The van der Waals surface area contributed by atoms with E-state index in [1.165, 1.54) is 17.5 Å². The molecule has 2 aliphatic rings. The van der Waals surface area contributed by atoms with Crippen molar-refractivity contribution in [2.45, 2.75) is 76.9 Å². The number of hydrogen-bond acceptors (Lipinski definition) is 4. The van der Waals surface area contributed by atoms with Crippen LogP contribution >= 0.6 is 23.2 Å². The number of amides is 1. The Morgan fingerprint density at radius 1 is 0.882 bits per heavy atom. The molecule has 6 rings (SSSR count). The largest absolute Gasteiger partial charge is 0.469 e. The Bertz CT molecular complexity index is 1790. The first-order valence-corrected chi connectivity index (χ1v) is 20.7. The summed E-state index contributed by atoms with van der Waals surface area (Å²) in [5.74, 6) is -0.723. The van der Waals surface area contributed by atoms with Gasteiger partial charge in [0.25, 0.3) is 8.32 Å². The Balaban J connectivity index is 1.50. The molecule has 6 atom stereocenters. The van der Waals surface area contributed by atoms with Gasteiger partial charge in [0, 0.05) is 16.0 Å². The summed E-state index contributed by atoms with van der Waals surface area (Å²) in [6, 6.07) is 36.5. The first-order valence-electron chi connectivity index (χ1n) is 18.0. The van der Waals surface area contributed by atoms with Gasteiger partial charge in [-0.05, 0) is 76.0 Å². The topological polar surface area (TPSA) is 55.8 Å². The molecule has 1 amide bonds. The van der Waals surface area contributed by atoms with E-state index in [-0.39, 0.29) is 46.8 Å². The molecular formula is C43H49Cl2NO4Si. The van der Waals surface area contributed by atoms with Crippen LogP contribution in [0.5, 0.6) is 0 Å². The van der Waals surface area contributed by atoms with Gasteiger partial charge in [-0.1, -0.05) is 143 Å². The van der Waals surface area contributed by atoms with E-state index in [9.17, 15) is 4.79 Å². The second kappa shape index (κ2) is 14.9. The third kappa shape index (κ3) is 7.05. The van der Waals surface area contributed by atoms with Crippen LogP contribution in [0.3, 0.4) is 0 Å². The number of benzene rings is 4. The maximum atomic E-state index is 15.4. The van der Waals surface area contributed by atoms with Crippen LogP contribution in [0.1, 0.15) is 77.0 Å². The molecule has 0 N–H and O–H groups in total. The summed E-state index contributed by atoms with van der Waals surface area (Å²) < 4.78 is 12.7. The number of carbonyl (C=O) groups is 2. The van der Waals surface area contributed by atoms with Gasteiger partial charge in [0.1, 0.15) is 0 Å². The third-order valence-electron chi connectivity index (χ3n) is 11.4. The molecule has 1 saturated heterocycles. The van der Waals surface area contributed by atoms with E-state index in [4.69, 9.17) is 32.4 Å². The first-order chi connectivity index (χ1) is 24.4. The molecule has 0 spiro atoms. The van der Waals surface area contributed by atoms with Crippen molar-refractivity contribution in [3.05, 3.63) is 130 Å². The number of hydrogen-bond donors (Lipinski definition) is 0. The molecule has 1 heterocycles. The van der Waals surface area contributed by atoms with Gasteiger partial charge in [0.2, 0.25) is 5.91 Å². The second-order valence-corrected chi connectivity index (χ2v) is 20.7. The van der Waals surface area contributed by atoms with Crippen molar-refractivity contribution in [3.63, 3.8) is 0 Å². The Kier molecular flexibility index (Phi) is 10.9. The Morgan fingerprint density at radius 2 is 1.49 bits per heavy atom. The summed E-state index contributed by atoms with van der Waals surface area (Å²) in [6.45, 7) is 11.4. The van der Waals surface area contributed by atoms with Gasteiger partial charge < -0.3 is 14.1 Å². The van der Waals surface area contributed by atoms with E-state index in [0.29, 0.717) is 35.9 Å². The van der Waals surface area contributed by atoms with Crippen LogP contribution in [-0.2, 0) is 18.8 Å². The van der Waals surface area contributed by atoms with E-state index < -0.39 is 13.7 Å². The number of esters is 1. The lowest BCUT2D eigenvalue weighted by Crippen LogP contribution is -2.68. The fraction of sp³-hybridized carbons (Fsp3) is 0.395. The molecule has 0 aromatic heterocycles. The molecule has 4 aromatic carbocycles. The fourth-order valence-corrected chi connectivity index (χ4v) is 13.7. The number of piperidine rings is 1. The second-order valence-electron chi connectivity index (χ2n) is 15.5. The van der Waals surface area contributed by atoms with Crippen molar-refractivity contribution in [1.82, 2.24) is 4.90 Å². The molecule has 4 aromatic rings. The maximum Gasteiger partial charge on any atom is 0.308 e. The SMILES string of the molecule is CCC(CO[Si](c1ccccc1)(c1ccccc1)C(C)(C)C)N1C(=O)[C@@](C)(C2CC2C(=O)OC)C[C@H](c2cccc(Cl)c2)[C@H]1c1ccc(Cl)cc1. The van der Waals surface area contributed by atoms with E-state index in [2.05, 4.69) is 94.1 Å². The monoisotopic (exact) mass is 741 g/mol. The van der Waals surface area contributed by atoms with Crippen molar-refractivity contribution in [2.75, 3.05) is 13.7 Å². The number of nitrogens with zero attached hydrogens (tertiary/aromatic N) is 1. The van der Waals surface area contributed by atoms with E-state index in [1.807, 2.05) is 54.6 Å². The van der Waals surface area contributed by atoms with Crippen LogP contribution in [-0.4, -0.2) is 44.9 Å². The summed E-state index contributed by atoms with van der Waals surface area (Å²) in [6.07, 6.45) is 1.88. The van der Waals surface area contributed by atoms with E-state index >= 15 is 4.79 Å². The zero-order valence-corrected chi connectivity index (χ0v) is 33.0. The van der Waals surface area contributed by atoms with Gasteiger partial charge in [-0.2, -0.15) is 0 Å². The zero-order valence-electron chi connectivity index (χ0n) is 30.4. The van der Waals surface area contributed by atoms with Gasteiger partial charge in [0.15, 0.2) is 0 Å². The summed E-state index contributed by atoms with van der Waals surface area (Å²) in [5.41, 5.74) is 1.26. The van der Waals surface area contributed by atoms with Crippen LogP contribution in [0, 0.1) is 17.3 Å². The Morgan fingerprint density at radius 3 is 2.02 bits per heavy atom. The summed E-state index contributed by atoms with van der Waals surface area (Å²) in [4.78, 5) is 30.4. The van der Waals surface area contributed by atoms with Crippen LogP contribution < -0.4 is 10.4 Å². The number of likely N-dealkylation sites (tertiary alicyclic amines) is 1. The standard InChI is InChI=1S/C43H49Cl2NO4Si/c1-7-33(28-50-51(42(2,3)4,34-17-10-8-11-18-34)35-19-12-9-13-20-35)46-39(29-21-23-31(44)24-22-29)37(30-15-14-16-32(45)25-30)27-43(5,41(46)48)38-26-36(38)40(47)49-6/h8-25,33,36-39H,7,26-28H2,1-6H3/t33?,36?,37-,38?,39-,43-/m1/s1. The summed E-state index contributed by atoms with van der Waals surface area (Å²) in [5, 5.41) is 3.44. The highest BCUT2D eigenvalue weighted by molar-refractivity contribution is 6.99. The number of carbonyl (C=O) groups excluding carboxylic acids is 2. The fourth-order valence-electron chi connectivity index (χ4n) is 8.75. The molecule has 3 unspecified atom stereocenters. The quantitative estimate of drug-likeness (QED) is 0.114. The van der Waals surface area contributed by atoms with Gasteiger partial charge in [-0.3, -0.25) is 9.59 Å². The van der Waals surface area contributed by atoms with Crippen LogP contribution in [0.25, 0.3) is 0 Å². The molecule has 0 radical (unpaired) electrons. The minimum atomic E-state index is -2.92. The molecule has 1 aliphatic carbocycles. The Hall–Kier alpha value is -3.42. The highest BCUT2D eigenvalue weighted by Crippen LogP contribution is 2.61. The lowest BCUT2D eigenvalue weighted by molar-refractivity contribution is -0.158. The van der Waals surface area contributed by atoms with Crippen LogP contribution in [0.15, 0.2) is 109 Å². The normalized spacial score (nSPS) is 24.2.